The molecule has 0 N–H and O–H groups in total. The fraction of sp³-hybridized carbons (Fsp3) is 0.524. The van der Waals surface area contributed by atoms with E-state index in [4.69, 9.17) is 0 Å². The summed E-state index contributed by atoms with van der Waals surface area (Å²) in [6.07, 6.45) is 8.21. The number of fused-ring (bicyclic) bond motifs is 2. The highest BCUT2D eigenvalue weighted by atomic mass is 79.9. The maximum absolute atomic E-state index is 2.64. The van der Waals surface area contributed by atoms with Crippen LogP contribution < -0.4 is 17.0 Å². The molecule has 2 bridgehead atoms. The molecule has 0 radical (unpaired) electrons. The van der Waals surface area contributed by atoms with Crippen LogP contribution in [0, 0.1) is 19.8 Å². The van der Waals surface area contributed by atoms with Crippen molar-refractivity contribution in [3.8, 4) is 0 Å². The third-order valence-electron chi connectivity index (χ3n) is 6.48. The molecule has 25 heavy (non-hydrogen) atoms. The Kier molecular flexibility index (Phi) is 5.65. The van der Waals surface area contributed by atoms with E-state index in [0.29, 0.717) is 0 Å². The second-order valence-corrected chi connectivity index (χ2v) is 10.0. The average Bonchev–Trinajstić information content (AvgIpc) is 3.15. The molecule has 3 atom stereocenters. The van der Waals surface area contributed by atoms with E-state index in [1.54, 1.807) is 0 Å². The number of piperidine rings is 1. The number of hydrogen-bond donors (Lipinski definition) is 0. The molecule has 0 unspecified atom stereocenters. The van der Waals surface area contributed by atoms with E-state index in [0.717, 1.165) is 18.0 Å². The van der Waals surface area contributed by atoms with Crippen LogP contribution in [-0.2, 0) is 0 Å². The molecule has 0 saturated carbocycles. The van der Waals surface area contributed by atoms with Crippen molar-refractivity contribution in [2.75, 3.05) is 14.1 Å². The van der Waals surface area contributed by atoms with Crippen molar-refractivity contribution in [3.05, 3.63) is 49.9 Å². The van der Waals surface area contributed by atoms with Crippen LogP contribution in [0.2, 0.25) is 0 Å². The van der Waals surface area contributed by atoms with Gasteiger partial charge in [-0.05, 0) is 53.8 Å². The van der Waals surface area contributed by atoms with Gasteiger partial charge >= 0.3 is 0 Å². The average molecular weight is 439 g/mol. The summed E-state index contributed by atoms with van der Waals surface area (Å²) in [7, 11) is 4.91. The molecular weight excluding hydrogens is 410 g/mol. The summed E-state index contributed by atoms with van der Waals surface area (Å²) in [5, 5.41) is 4.48. The normalized spacial score (nSPS) is 27.0. The van der Waals surface area contributed by atoms with Gasteiger partial charge in [-0.25, -0.2) is 0 Å². The summed E-state index contributed by atoms with van der Waals surface area (Å²) in [5.41, 5.74) is 4.36. The Morgan fingerprint density at radius 2 is 1.44 bits per heavy atom. The van der Waals surface area contributed by atoms with E-state index in [1.807, 2.05) is 22.7 Å². The Labute approximate surface area is 170 Å². The van der Waals surface area contributed by atoms with Crippen LogP contribution >= 0.6 is 22.7 Å². The molecule has 0 amide bonds. The van der Waals surface area contributed by atoms with Crippen LogP contribution in [0.15, 0.2) is 29.0 Å². The van der Waals surface area contributed by atoms with Crippen LogP contribution in [-0.4, -0.2) is 30.7 Å². The van der Waals surface area contributed by atoms with Gasteiger partial charge in [-0.1, -0.05) is 6.08 Å². The van der Waals surface area contributed by atoms with Crippen LogP contribution in [0.4, 0.5) is 0 Å². The summed E-state index contributed by atoms with van der Waals surface area (Å²) in [5.74, 6) is 0.742. The summed E-state index contributed by atoms with van der Waals surface area (Å²) in [6, 6.07) is 6.25. The summed E-state index contributed by atoms with van der Waals surface area (Å²) >= 11 is 3.81. The fourth-order valence-corrected chi connectivity index (χ4v) is 6.83. The molecule has 0 spiro atoms. The van der Waals surface area contributed by atoms with Gasteiger partial charge in [-0.3, -0.25) is 0 Å². The molecule has 0 aliphatic carbocycles. The minimum absolute atomic E-state index is 0. The van der Waals surface area contributed by atoms with Crippen LogP contribution in [0.1, 0.15) is 46.6 Å². The van der Waals surface area contributed by atoms with Crippen LogP contribution in [0.3, 0.4) is 0 Å². The Balaban J connectivity index is 0.00000182. The van der Waals surface area contributed by atoms with Crippen LogP contribution in [0.5, 0.6) is 0 Å². The van der Waals surface area contributed by atoms with Crippen LogP contribution in [0.25, 0.3) is 5.57 Å². The molecule has 4 heterocycles. The number of halogens is 1. The SMILES string of the molecule is Cc1ccsc1C(=C[C@H]1C[C@H]2CC[C@@H](C1)[N+]2(C)C)c1sccc1C.[Br-]. The summed E-state index contributed by atoms with van der Waals surface area (Å²) in [6.45, 7) is 4.51. The van der Waals surface area contributed by atoms with E-state index in [9.17, 15) is 0 Å². The molecule has 2 aliphatic heterocycles. The first-order valence-electron chi connectivity index (χ1n) is 9.11. The second kappa shape index (κ2) is 7.30. The Morgan fingerprint density at radius 3 is 1.84 bits per heavy atom. The number of allylic oxidation sites excluding steroid dienone is 1. The van der Waals surface area contributed by atoms with Crippen molar-refractivity contribution >= 4 is 28.2 Å². The lowest BCUT2D eigenvalue weighted by atomic mass is 9.87. The topological polar surface area (TPSA) is 0 Å². The predicted molar refractivity (Wildman–Crippen MR) is 107 cm³/mol. The molecule has 2 saturated heterocycles. The fourth-order valence-electron chi connectivity index (χ4n) is 4.85. The predicted octanol–water partition coefficient (Wildman–Crippen LogP) is 2.88. The van der Waals surface area contributed by atoms with E-state index < -0.39 is 0 Å². The van der Waals surface area contributed by atoms with Crippen molar-refractivity contribution in [3.63, 3.8) is 0 Å². The van der Waals surface area contributed by atoms with Gasteiger partial charge in [0, 0.05) is 41.0 Å². The molecule has 4 heteroatoms. The van der Waals surface area contributed by atoms with Crippen molar-refractivity contribution in [2.24, 2.45) is 5.92 Å². The zero-order valence-corrected chi connectivity index (χ0v) is 18.8. The first-order valence-corrected chi connectivity index (χ1v) is 10.9. The third kappa shape index (κ3) is 3.43. The van der Waals surface area contributed by atoms with Crippen molar-refractivity contribution in [2.45, 2.75) is 51.6 Å². The largest absolute Gasteiger partial charge is 1.00 e. The van der Waals surface area contributed by atoms with Gasteiger partial charge in [0.15, 0.2) is 0 Å². The van der Waals surface area contributed by atoms with Gasteiger partial charge in [-0.15, -0.1) is 22.7 Å². The lowest BCUT2D eigenvalue weighted by Crippen LogP contribution is -3.00. The molecule has 4 rings (SSSR count). The minimum atomic E-state index is 0. The van der Waals surface area contributed by atoms with E-state index >= 15 is 0 Å². The van der Waals surface area contributed by atoms with Gasteiger partial charge in [0.25, 0.3) is 0 Å². The molecule has 1 nitrogen and oxygen atoms in total. The molecular formula is C21H28BrNS2. The van der Waals surface area contributed by atoms with Gasteiger partial charge in [0.05, 0.1) is 26.2 Å². The van der Waals surface area contributed by atoms with Gasteiger partial charge < -0.3 is 21.5 Å². The van der Waals surface area contributed by atoms with Gasteiger partial charge in [-0.2, -0.15) is 0 Å². The quantitative estimate of drug-likeness (QED) is 0.647. The number of quaternary nitrogens is 1. The maximum Gasteiger partial charge on any atom is 0.0896 e. The van der Waals surface area contributed by atoms with Crippen molar-refractivity contribution in [1.29, 1.82) is 0 Å². The standard InChI is InChI=1S/C21H28NS2.BrH/c1-14-7-9-23-20(14)19(21-15(2)8-10-24-21)13-16-11-17-5-6-18(12-16)22(17,3)4;/h7-10,13,16-18H,5-6,11-12H2,1-4H3;1H/q+1;/p-1/t16-,17+,18-;. The highest BCUT2D eigenvalue weighted by Gasteiger charge is 2.48. The Hall–Kier alpha value is -0.420. The molecule has 0 aromatic carbocycles. The van der Waals surface area contributed by atoms with Gasteiger partial charge in [0.1, 0.15) is 0 Å². The highest BCUT2D eigenvalue weighted by molar-refractivity contribution is 7.14. The van der Waals surface area contributed by atoms with E-state index in [1.165, 1.54) is 56.6 Å². The zero-order chi connectivity index (χ0) is 16.9. The molecule has 2 aromatic rings. The third-order valence-corrected chi connectivity index (χ3v) is 8.58. The van der Waals surface area contributed by atoms with E-state index in [-0.39, 0.29) is 17.0 Å². The summed E-state index contributed by atoms with van der Waals surface area (Å²) < 4.78 is 1.26. The molecule has 2 aliphatic rings. The van der Waals surface area contributed by atoms with Crippen molar-refractivity contribution in [1.82, 2.24) is 0 Å². The lowest BCUT2D eigenvalue weighted by Gasteiger charge is -2.43. The Bertz CT molecular complexity index is 712. The monoisotopic (exact) mass is 437 g/mol. The number of aryl methyl sites for hydroxylation is 2. The van der Waals surface area contributed by atoms with Gasteiger partial charge in [0.2, 0.25) is 0 Å². The lowest BCUT2D eigenvalue weighted by molar-refractivity contribution is -0.931. The Morgan fingerprint density at radius 1 is 0.960 bits per heavy atom. The number of thiophene rings is 2. The molecule has 2 fully saturated rings. The number of rotatable bonds is 3. The number of nitrogens with zero attached hydrogens (tertiary/aromatic N) is 1. The minimum Gasteiger partial charge on any atom is -1.00 e. The zero-order valence-electron chi connectivity index (χ0n) is 15.6. The number of hydrogen-bond acceptors (Lipinski definition) is 2. The molecule has 2 aromatic heterocycles. The maximum atomic E-state index is 2.64. The first-order chi connectivity index (χ1) is 11.5. The molecule has 136 valence electrons. The second-order valence-electron chi connectivity index (χ2n) is 8.19. The summed E-state index contributed by atoms with van der Waals surface area (Å²) in [4.78, 5) is 2.96. The first kappa shape index (κ1) is 19.3. The van der Waals surface area contributed by atoms with E-state index in [2.05, 4.69) is 56.9 Å². The van der Waals surface area contributed by atoms with Crippen molar-refractivity contribution < 1.29 is 21.5 Å². The smallest absolute Gasteiger partial charge is 0.0896 e. The highest BCUT2D eigenvalue weighted by Crippen LogP contribution is 2.45.